The molecular formula is C16H25N3O. The summed E-state index contributed by atoms with van der Waals surface area (Å²) >= 11 is 0. The highest BCUT2D eigenvalue weighted by atomic mass is 16.2. The molecule has 0 aliphatic carbocycles. The second kappa shape index (κ2) is 6.37. The van der Waals surface area contributed by atoms with E-state index >= 15 is 0 Å². The molecule has 2 atom stereocenters. The van der Waals surface area contributed by atoms with E-state index in [0.29, 0.717) is 12.5 Å². The zero-order valence-electron chi connectivity index (χ0n) is 12.8. The molecule has 0 bridgehead atoms. The van der Waals surface area contributed by atoms with Gasteiger partial charge in [-0.25, -0.2) is 0 Å². The van der Waals surface area contributed by atoms with E-state index in [1.54, 1.807) is 0 Å². The third-order valence-corrected chi connectivity index (χ3v) is 3.81. The van der Waals surface area contributed by atoms with Gasteiger partial charge in [0.05, 0.1) is 6.54 Å². The molecule has 0 aromatic heterocycles. The zero-order chi connectivity index (χ0) is 14.7. The van der Waals surface area contributed by atoms with Crippen molar-refractivity contribution in [3.8, 4) is 0 Å². The molecule has 1 aromatic rings. The van der Waals surface area contributed by atoms with Gasteiger partial charge in [-0.15, -0.1) is 0 Å². The van der Waals surface area contributed by atoms with Crippen molar-refractivity contribution in [2.45, 2.75) is 26.1 Å². The lowest BCUT2D eigenvalue weighted by Gasteiger charge is -2.37. The molecule has 2 unspecified atom stereocenters. The molecule has 4 nitrogen and oxygen atoms in total. The maximum atomic E-state index is 12.3. The van der Waals surface area contributed by atoms with E-state index < -0.39 is 0 Å². The van der Waals surface area contributed by atoms with Gasteiger partial charge in [0.15, 0.2) is 0 Å². The van der Waals surface area contributed by atoms with Crippen molar-refractivity contribution in [2.24, 2.45) is 5.92 Å². The Balaban J connectivity index is 2.27. The van der Waals surface area contributed by atoms with Gasteiger partial charge >= 0.3 is 0 Å². The van der Waals surface area contributed by atoms with Crippen molar-refractivity contribution in [2.75, 3.05) is 27.2 Å². The largest absolute Gasteiger partial charge is 0.317 e. The highest BCUT2D eigenvalue weighted by Gasteiger charge is 2.37. The number of rotatable bonds is 5. The average molecular weight is 275 g/mol. The first-order valence-corrected chi connectivity index (χ1v) is 7.25. The summed E-state index contributed by atoms with van der Waals surface area (Å²) in [5, 5.41) is 3.34. The van der Waals surface area contributed by atoms with Crippen molar-refractivity contribution in [1.82, 2.24) is 15.1 Å². The van der Waals surface area contributed by atoms with Crippen molar-refractivity contribution >= 4 is 5.91 Å². The third-order valence-electron chi connectivity index (χ3n) is 3.81. The van der Waals surface area contributed by atoms with Gasteiger partial charge in [-0.3, -0.25) is 10.1 Å². The predicted octanol–water partition coefficient (Wildman–Crippen LogP) is 1.70. The number of carbonyl (C=O) groups excluding carboxylic acids is 1. The standard InChI is InChI=1S/C16H25N3O/c1-12(2)14(11-18(3)4)19-15(20)10-17-16(19)13-8-6-5-7-9-13/h5-9,12,14,16-17H,10-11H2,1-4H3. The molecule has 1 fully saturated rings. The van der Waals surface area contributed by atoms with Crippen LogP contribution in [0.2, 0.25) is 0 Å². The van der Waals surface area contributed by atoms with Gasteiger partial charge in [0, 0.05) is 12.6 Å². The van der Waals surface area contributed by atoms with Gasteiger partial charge in [0.1, 0.15) is 6.17 Å². The minimum atomic E-state index is -0.00366. The first-order valence-electron chi connectivity index (χ1n) is 7.25. The number of carbonyl (C=O) groups is 1. The molecule has 0 spiro atoms. The first kappa shape index (κ1) is 15.0. The van der Waals surface area contributed by atoms with Crippen LogP contribution in [0.1, 0.15) is 25.6 Å². The van der Waals surface area contributed by atoms with E-state index in [-0.39, 0.29) is 18.1 Å². The third kappa shape index (κ3) is 3.19. The van der Waals surface area contributed by atoms with E-state index in [2.05, 4.69) is 50.3 Å². The normalized spacial score (nSPS) is 21.0. The molecule has 1 N–H and O–H groups in total. The summed E-state index contributed by atoms with van der Waals surface area (Å²) in [5.74, 6) is 0.617. The quantitative estimate of drug-likeness (QED) is 0.888. The van der Waals surface area contributed by atoms with E-state index in [0.717, 1.165) is 12.1 Å². The summed E-state index contributed by atoms with van der Waals surface area (Å²) < 4.78 is 0. The van der Waals surface area contributed by atoms with Gasteiger partial charge in [-0.1, -0.05) is 44.2 Å². The fraction of sp³-hybridized carbons (Fsp3) is 0.562. The van der Waals surface area contributed by atoms with E-state index in [9.17, 15) is 4.79 Å². The molecule has 20 heavy (non-hydrogen) atoms. The number of nitrogens with zero attached hydrogens (tertiary/aromatic N) is 2. The molecule has 1 aromatic carbocycles. The van der Waals surface area contributed by atoms with Crippen LogP contribution < -0.4 is 5.32 Å². The molecule has 1 aliphatic rings. The monoisotopic (exact) mass is 275 g/mol. The average Bonchev–Trinajstić information content (AvgIpc) is 2.78. The number of amides is 1. The van der Waals surface area contributed by atoms with E-state index in [1.807, 2.05) is 23.1 Å². The van der Waals surface area contributed by atoms with Gasteiger partial charge in [-0.2, -0.15) is 0 Å². The zero-order valence-corrected chi connectivity index (χ0v) is 12.8. The Morgan fingerprint density at radius 1 is 1.30 bits per heavy atom. The lowest BCUT2D eigenvalue weighted by Crippen LogP contribution is -2.47. The number of hydrogen-bond acceptors (Lipinski definition) is 3. The fourth-order valence-electron chi connectivity index (χ4n) is 2.80. The molecule has 0 radical (unpaired) electrons. The smallest absolute Gasteiger partial charge is 0.238 e. The van der Waals surface area contributed by atoms with Crippen LogP contribution in [0.25, 0.3) is 0 Å². The fourth-order valence-corrected chi connectivity index (χ4v) is 2.80. The van der Waals surface area contributed by atoms with E-state index in [1.165, 1.54) is 0 Å². The highest BCUT2D eigenvalue weighted by Crippen LogP contribution is 2.27. The minimum Gasteiger partial charge on any atom is -0.317 e. The topological polar surface area (TPSA) is 35.6 Å². The molecule has 1 amide bonds. The van der Waals surface area contributed by atoms with Crippen molar-refractivity contribution < 1.29 is 4.79 Å². The summed E-state index contributed by atoms with van der Waals surface area (Å²) in [4.78, 5) is 16.5. The summed E-state index contributed by atoms with van der Waals surface area (Å²) in [6, 6.07) is 10.4. The van der Waals surface area contributed by atoms with Crippen LogP contribution in [0.5, 0.6) is 0 Å². The molecule has 2 rings (SSSR count). The maximum absolute atomic E-state index is 12.3. The number of likely N-dealkylation sites (N-methyl/N-ethyl adjacent to an activating group) is 1. The SMILES string of the molecule is CC(C)C(CN(C)C)N1C(=O)CNC1c1ccccc1. The van der Waals surface area contributed by atoms with E-state index in [4.69, 9.17) is 0 Å². The molecule has 1 heterocycles. The number of hydrogen-bond donors (Lipinski definition) is 1. The minimum absolute atomic E-state index is 0.00366. The lowest BCUT2D eigenvalue weighted by molar-refractivity contribution is -0.131. The van der Waals surface area contributed by atoms with Crippen LogP contribution in [-0.2, 0) is 4.79 Å². The summed E-state index contributed by atoms with van der Waals surface area (Å²) in [6.07, 6.45) is -0.00366. The number of benzene rings is 1. The Kier molecular flexibility index (Phi) is 4.78. The summed E-state index contributed by atoms with van der Waals surface area (Å²) in [5.41, 5.74) is 1.16. The lowest BCUT2D eigenvalue weighted by atomic mass is 10.0. The van der Waals surface area contributed by atoms with Crippen molar-refractivity contribution in [3.63, 3.8) is 0 Å². The van der Waals surface area contributed by atoms with Crippen molar-refractivity contribution in [1.29, 1.82) is 0 Å². The van der Waals surface area contributed by atoms with Crippen LogP contribution in [0, 0.1) is 5.92 Å². The molecule has 110 valence electrons. The van der Waals surface area contributed by atoms with Gasteiger partial charge in [0.25, 0.3) is 0 Å². The Morgan fingerprint density at radius 3 is 2.50 bits per heavy atom. The molecule has 0 saturated carbocycles. The Morgan fingerprint density at radius 2 is 1.95 bits per heavy atom. The van der Waals surface area contributed by atoms with Crippen molar-refractivity contribution in [3.05, 3.63) is 35.9 Å². The van der Waals surface area contributed by atoms with Crippen LogP contribution in [-0.4, -0.2) is 48.9 Å². The van der Waals surface area contributed by atoms with Crippen LogP contribution >= 0.6 is 0 Å². The van der Waals surface area contributed by atoms with Crippen LogP contribution in [0.15, 0.2) is 30.3 Å². The number of nitrogens with one attached hydrogen (secondary N) is 1. The van der Waals surface area contributed by atoms with Gasteiger partial charge in [-0.05, 0) is 25.6 Å². The molecule has 4 heteroatoms. The molecular weight excluding hydrogens is 250 g/mol. The van der Waals surface area contributed by atoms with Crippen LogP contribution in [0.3, 0.4) is 0 Å². The molecule has 1 aliphatic heterocycles. The summed E-state index contributed by atoms with van der Waals surface area (Å²) in [6.45, 7) is 5.67. The molecule has 1 saturated heterocycles. The maximum Gasteiger partial charge on any atom is 0.238 e. The highest BCUT2D eigenvalue weighted by molar-refractivity contribution is 5.81. The van der Waals surface area contributed by atoms with Gasteiger partial charge in [0.2, 0.25) is 5.91 Å². The predicted molar refractivity (Wildman–Crippen MR) is 81.2 cm³/mol. The summed E-state index contributed by atoms with van der Waals surface area (Å²) in [7, 11) is 4.11. The Hall–Kier alpha value is -1.39. The Labute approximate surface area is 121 Å². The second-order valence-electron chi connectivity index (χ2n) is 6.07. The van der Waals surface area contributed by atoms with Gasteiger partial charge < -0.3 is 9.80 Å². The second-order valence-corrected chi connectivity index (χ2v) is 6.07. The first-order chi connectivity index (χ1) is 9.50. The van der Waals surface area contributed by atoms with Crippen LogP contribution in [0.4, 0.5) is 0 Å². The Bertz CT molecular complexity index is 444.